The fourth-order valence-corrected chi connectivity index (χ4v) is 0.692. The molecule has 13 heavy (non-hydrogen) atoms. The molecular formula is C6H11F3N2O2. The summed E-state index contributed by atoms with van der Waals surface area (Å²) in [6, 6.07) is -0.542. The Labute approximate surface area is 73.1 Å². The summed E-state index contributed by atoms with van der Waals surface area (Å²) in [6.07, 6.45) is -5.51. The van der Waals surface area contributed by atoms with Gasteiger partial charge in [0.15, 0.2) is 0 Å². The molecule has 0 aliphatic carbocycles. The van der Waals surface area contributed by atoms with Crippen molar-refractivity contribution in [1.82, 2.24) is 10.6 Å². The first kappa shape index (κ1) is 12.0. The van der Waals surface area contributed by atoms with Gasteiger partial charge in [-0.15, -0.1) is 0 Å². The fourth-order valence-electron chi connectivity index (χ4n) is 0.692. The van der Waals surface area contributed by atoms with Crippen LogP contribution in [-0.4, -0.2) is 36.5 Å². The number of carbonyl (C=O) groups is 1. The minimum atomic E-state index is -4.26. The summed E-state index contributed by atoms with van der Waals surface area (Å²) in [5.74, 6) is 0. The smallest absolute Gasteiger partial charge is 0.404 e. The van der Waals surface area contributed by atoms with Gasteiger partial charge in [-0.05, 0) is 6.92 Å². The molecule has 0 rings (SSSR count). The number of amides is 1. The summed E-state index contributed by atoms with van der Waals surface area (Å²) in [5, 5.41) is 12.3. The SMILES string of the molecule is CC(CNCC(F)(F)F)NC(=O)O. The van der Waals surface area contributed by atoms with Gasteiger partial charge in [0.2, 0.25) is 0 Å². The summed E-state index contributed by atoms with van der Waals surface area (Å²) in [5.41, 5.74) is 0. The first-order chi connectivity index (χ1) is 5.81. The number of nitrogens with one attached hydrogen (secondary N) is 2. The average molecular weight is 200 g/mol. The van der Waals surface area contributed by atoms with Crippen LogP contribution in [0.2, 0.25) is 0 Å². The third-order valence-corrected chi connectivity index (χ3v) is 1.15. The van der Waals surface area contributed by atoms with Gasteiger partial charge in [0.05, 0.1) is 6.54 Å². The Morgan fingerprint density at radius 1 is 1.54 bits per heavy atom. The molecule has 3 N–H and O–H groups in total. The van der Waals surface area contributed by atoms with Gasteiger partial charge in [0, 0.05) is 12.6 Å². The van der Waals surface area contributed by atoms with Gasteiger partial charge in [0.25, 0.3) is 0 Å². The lowest BCUT2D eigenvalue weighted by atomic mass is 10.3. The molecule has 1 atom stereocenters. The molecule has 1 amide bonds. The second-order valence-corrected chi connectivity index (χ2v) is 2.60. The minimum absolute atomic E-state index is 0.0498. The lowest BCUT2D eigenvalue weighted by molar-refractivity contribution is -0.124. The highest BCUT2D eigenvalue weighted by molar-refractivity contribution is 5.64. The van der Waals surface area contributed by atoms with Gasteiger partial charge in [-0.2, -0.15) is 13.2 Å². The van der Waals surface area contributed by atoms with Crippen molar-refractivity contribution < 1.29 is 23.1 Å². The molecule has 0 saturated carbocycles. The van der Waals surface area contributed by atoms with Crippen molar-refractivity contribution in [2.45, 2.75) is 19.1 Å². The zero-order chi connectivity index (χ0) is 10.5. The maximum absolute atomic E-state index is 11.6. The van der Waals surface area contributed by atoms with Gasteiger partial charge >= 0.3 is 12.3 Å². The van der Waals surface area contributed by atoms with Crippen LogP contribution in [0.5, 0.6) is 0 Å². The van der Waals surface area contributed by atoms with E-state index in [1.54, 1.807) is 0 Å². The standard InChI is InChI=1S/C6H11F3N2O2/c1-4(11-5(12)13)2-10-3-6(7,8)9/h4,10-11H,2-3H2,1H3,(H,12,13). The van der Waals surface area contributed by atoms with Crippen LogP contribution in [0.15, 0.2) is 0 Å². The maximum atomic E-state index is 11.6. The molecule has 1 unspecified atom stereocenters. The van der Waals surface area contributed by atoms with E-state index in [1.165, 1.54) is 6.92 Å². The largest absolute Gasteiger partial charge is 0.465 e. The van der Waals surface area contributed by atoms with E-state index in [0.29, 0.717) is 0 Å². The molecule has 78 valence electrons. The van der Waals surface area contributed by atoms with Gasteiger partial charge in [-0.25, -0.2) is 4.79 Å². The van der Waals surface area contributed by atoms with Crippen molar-refractivity contribution in [2.24, 2.45) is 0 Å². The van der Waals surface area contributed by atoms with Crippen LogP contribution in [0.25, 0.3) is 0 Å². The summed E-state index contributed by atoms with van der Waals surface area (Å²) in [6.45, 7) is 0.307. The zero-order valence-corrected chi connectivity index (χ0v) is 6.98. The van der Waals surface area contributed by atoms with Gasteiger partial charge in [-0.1, -0.05) is 0 Å². The Morgan fingerprint density at radius 2 is 2.08 bits per heavy atom. The number of halogens is 3. The Morgan fingerprint density at radius 3 is 2.46 bits per heavy atom. The molecule has 0 aliphatic heterocycles. The van der Waals surface area contributed by atoms with Crippen LogP contribution in [0.4, 0.5) is 18.0 Å². The first-order valence-electron chi connectivity index (χ1n) is 3.58. The van der Waals surface area contributed by atoms with E-state index in [1.807, 2.05) is 5.32 Å². The highest BCUT2D eigenvalue weighted by Gasteiger charge is 2.26. The van der Waals surface area contributed by atoms with Crippen LogP contribution >= 0.6 is 0 Å². The first-order valence-corrected chi connectivity index (χ1v) is 3.58. The second kappa shape index (κ2) is 4.90. The van der Waals surface area contributed by atoms with Gasteiger partial charge in [0.1, 0.15) is 0 Å². The average Bonchev–Trinajstić information content (AvgIpc) is 1.81. The molecule has 0 bridgehead atoms. The maximum Gasteiger partial charge on any atom is 0.404 e. The highest BCUT2D eigenvalue weighted by atomic mass is 19.4. The molecule has 0 heterocycles. The normalized spacial score (nSPS) is 13.8. The topological polar surface area (TPSA) is 61.4 Å². The van der Waals surface area contributed by atoms with Crippen molar-refractivity contribution >= 4 is 6.09 Å². The lowest BCUT2D eigenvalue weighted by Crippen LogP contribution is -2.41. The van der Waals surface area contributed by atoms with Crippen molar-refractivity contribution in [2.75, 3.05) is 13.1 Å². The van der Waals surface area contributed by atoms with Crippen molar-refractivity contribution in [1.29, 1.82) is 0 Å². The highest BCUT2D eigenvalue weighted by Crippen LogP contribution is 2.11. The molecule has 0 aromatic heterocycles. The van der Waals surface area contributed by atoms with Gasteiger partial charge in [-0.3, -0.25) is 0 Å². The van der Waals surface area contributed by atoms with E-state index in [9.17, 15) is 18.0 Å². The lowest BCUT2D eigenvalue weighted by Gasteiger charge is -2.13. The van der Waals surface area contributed by atoms with E-state index < -0.39 is 24.9 Å². The Balaban J connectivity index is 3.48. The molecule has 7 heteroatoms. The third-order valence-electron chi connectivity index (χ3n) is 1.15. The fraction of sp³-hybridized carbons (Fsp3) is 0.833. The van der Waals surface area contributed by atoms with Crippen LogP contribution in [0.1, 0.15) is 6.92 Å². The summed E-state index contributed by atoms with van der Waals surface area (Å²) >= 11 is 0. The quantitative estimate of drug-likeness (QED) is 0.628. The molecule has 0 aromatic carbocycles. The van der Waals surface area contributed by atoms with Crippen LogP contribution in [0.3, 0.4) is 0 Å². The van der Waals surface area contributed by atoms with E-state index >= 15 is 0 Å². The molecule has 4 nitrogen and oxygen atoms in total. The summed E-state index contributed by atoms with van der Waals surface area (Å²) in [7, 11) is 0. The van der Waals surface area contributed by atoms with E-state index in [0.717, 1.165) is 0 Å². The monoisotopic (exact) mass is 200 g/mol. The predicted octanol–water partition coefficient (Wildman–Crippen LogP) is 0.794. The molecule has 0 aliphatic rings. The number of hydrogen-bond donors (Lipinski definition) is 3. The van der Waals surface area contributed by atoms with Crippen molar-refractivity contribution in [3.8, 4) is 0 Å². The molecule has 0 spiro atoms. The van der Waals surface area contributed by atoms with E-state index in [2.05, 4.69) is 5.32 Å². The molecule has 0 saturated heterocycles. The van der Waals surface area contributed by atoms with Crippen LogP contribution in [-0.2, 0) is 0 Å². The zero-order valence-electron chi connectivity index (χ0n) is 6.98. The van der Waals surface area contributed by atoms with E-state index in [4.69, 9.17) is 5.11 Å². The van der Waals surface area contributed by atoms with Crippen LogP contribution < -0.4 is 10.6 Å². The predicted molar refractivity (Wildman–Crippen MR) is 39.5 cm³/mol. The Bertz CT molecular complexity index is 172. The van der Waals surface area contributed by atoms with Crippen LogP contribution in [0, 0.1) is 0 Å². The van der Waals surface area contributed by atoms with Crippen molar-refractivity contribution in [3.63, 3.8) is 0 Å². The Hall–Kier alpha value is -0.980. The number of alkyl halides is 3. The van der Waals surface area contributed by atoms with Crippen molar-refractivity contribution in [3.05, 3.63) is 0 Å². The third kappa shape index (κ3) is 8.93. The molecule has 0 aromatic rings. The number of hydrogen-bond acceptors (Lipinski definition) is 2. The molecule has 0 fully saturated rings. The van der Waals surface area contributed by atoms with E-state index in [-0.39, 0.29) is 6.54 Å². The summed E-state index contributed by atoms with van der Waals surface area (Å²) in [4.78, 5) is 10.0. The number of carboxylic acid groups (broad SMARTS) is 1. The molecule has 0 radical (unpaired) electrons. The number of rotatable bonds is 4. The minimum Gasteiger partial charge on any atom is -0.465 e. The second-order valence-electron chi connectivity index (χ2n) is 2.60. The Kier molecular flexibility index (Phi) is 4.53. The molecular weight excluding hydrogens is 189 g/mol. The van der Waals surface area contributed by atoms with Gasteiger partial charge < -0.3 is 15.7 Å². The summed E-state index contributed by atoms with van der Waals surface area (Å²) < 4.78 is 34.7.